The number of aliphatic hydroxyl groups excluding tert-OH is 1. The first-order chi connectivity index (χ1) is 17.3. The molecule has 1 spiro atoms. The maximum atomic E-state index is 13.5. The number of ether oxygens (including phenoxy) is 1. The molecule has 4 aliphatic rings. The van der Waals surface area contributed by atoms with Gasteiger partial charge in [-0.3, -0.25) is 4.79 Å². The van der Waals surface area contributed by atoms with Gasteiger partial charge in [-0.05, 0) is 75.6 Å². The predicted molar refractivity (Wildman–Crippen MR) is 140 cm³/mol. The molecular weight excluding hydrogens is 456 g/mol. The fourth-order valence-corrected chi connectivity index (χ4v) is 5.71. The maximum absolute atomic E-state index is 13.5. The Hall–Kier alpha value is -2.91. The molecule has 6 rings (SSSR count). The molecule has 2 bridgehead atoms. The zero-order valence-electron chi connectivity index (χ0n) is 21.2. The Morgan fingerprint density at radius 1 is 1.14 bits per heavy atom. The van der Waals surface area contributed by atoms with Gasteiger partial charge in [0.1, 0.15) is 23.3 Å². The number of anilines is 4. The Balaban J connectivity index is 1.24. The molecule has 1 aliphatic carbocycles. The highest BCUT2D eigenvalue weighted by molar-refractivity contribution is 6.07. The summed E-state index contributed by atoms with van der Waals surface area (Å²) in [6.45, 7) is 7.19. The average molecular weight is 493 g/mol. The van der Waals surface area contributed by atoms with Crippen LogP contribution in [0.2, 0.25) is 0 Å². The number of hydrogen-bond donors (Lipinski definition) is 3. The first kappa shape index (κ1) is 23.5. The minimum Gasteiger partial charge on any atom is -0.394 e. The lowest BCUT2D eigenvalue weighted by molar-refractivity contribution is 0.0988. The van der Waals surface area contributed by atoms with E-state index in [1.54, 1.807) is 0 Å². The maximum Gasteiger partial charge on any atom is 0.260 e. The van der Waals surface area contributed by atoms with Gasteiger partial charge in [-0.2, -0.15) is 0 Å². The molecule has 0 radical (unpaired) electrons. The van der Waals surface area contributed by atoms with Crippen molar-refractivity contribution in [3.05, 3.63) is 35.9 Å². The Bertz CT molecular complexity index is 1140. The molecule has 0 unspecified atom stereocenters. The van der Waals surface area contributed by atoms with E-state index in [0.717, 1.165) is 51.3 Å². The second-order valence-electron chi connectivity index (χ2n) is 11.6. The molecule has 192 valence electrons. The number of morpholine rings is 1. The molecule has 1 amide bonds. The zero-order chi connectivity index (χ0) is 24.9. The SMILES string of the molecule is CC(C)(CO)Nc1ccc(C(=O)Nc2cccc(N3C[C@@H]4C[C@H]3CO4)n2)c(N2CCC3(CC2)CC3)n1. The first-order valence-electron chi connectivity index (χ1n) is 13.1. The summed E-state index contributed by atoms with van der Waals surface area (Å²) in [5.41, 5.74) is 0.547. The molecule has 2 aromatic rings. The van der Waals surface area contributed by atoms with Gasteiger partial charge in [-0.15, -0.1) is 0 Å². The molecule has 9 heteroatoms. The van der Waals surface area contributed by atoms with Crippen LogP contribution >= 0.6 is 0 Å². The highest BCUT2D eigenvalue weighted by Crippen LogP contribution is 2.54. The van der Waals surface area contributed by atoms with Gasteiger partial charge in [-0.25, -0.2) is 9.97 Å². The minimum absolute atomic E-state index is 0.0226. The van der Waals surface area contributed by atoms with Crippen molar-refractivity contribution in [1.82, 2.24) is 9.97 Å². The molecule has 9 nitrogen and oxygen atoms in total. The van der Waals surface area contributed by atoms with Crippen LogP contribution in [0.5, 0.6) is 0 Å². The van der Waals surface area contributed by atoms with Crippen LogP contribution in [0.1, 0.15) is 56.3 Å². The number of carbonyl (C=O) groups is 1. The minimum atomic E-state index is -0.515. The van der Waals surface area contributed by atoms with E-state index in [9.17, 15) is 9.90 Å². The molecular formula is C27H36N6O3. The molecule has 36 heavy (non-hydrogen) atoms. The van der Waals surface area contributed by atoms with Crippen LogP contribution in [0.15, 0.2) is 30.3 Å². The third-order valence-corrected chi connectivity index (χ3v) is 8.23. The van der Waals surface area contributed by atoms with E-state index in [1.807, 2.05) is 44.2 Å². The van der Waals surface area contributed by atoms with E-state index in [1.165, 1.54) is 12.8 Å². The summed E-state index contributed by atoms with van der Waals surface area (Å²) in [6.07, 6.45) is 6.24. The van der Waals surface area contributed by atoms with Crippen LogP contribution in [-0.4, -0.2) is 71.5 Å². The largest absolute Gasteiger partial charge is 0.394 e. The highest BCUT2D eigenvalue weighted by atomic mass is 16.5. The average Bonchev–Trinajstić information content (AvgIpc) is 3.29. The number of pyridine rings is 2. The summed E-state index contributed by atoms with van der Waals surface area (Å²) in [5.74, 6) is 2.53. The van der Waals surface area contributed by atoms with E-state index in [2.05, 4.69) is 20.4 Å². The fourth-order valence-electron chi connectivity index (χ4n) is 5.71. The van der Waals surface area contributed by atoms with E-state index >= 15 is 0 Å². The number of nitrogens with zero attached hydrogens (tertiary/aromatic N) is 4. The third kappa shape index (κ3) is 4.62. The number of nitrogens with one attached hydrogen (secondary N) is 2. The number of aromatic nitrogens is 2. The molecule has 1 saturated carbocycles. The van der Waals surface area contributed by atoms with Crippen molar-refractivity contribution in [2.24, 2.45) is 5.41 Å². The first-order valence-corrected chi connectivity index (χ1v) is 13.1. The van der Waals surface area contributed by atoms with Crippen molar-refractivity contribution >= 4 is 29.2 Å². The lowest BCUT2D eigenvalue weighted by Crippen LogP contribution is -2.38. The quantitative estimate of drug-likeness (QED) is 0.541. The number of hydrogen-bond acceptors (Lipinski definition) is 8. The zero-order valence-corrected chi connectivity index (χ0v) is 21.2. The molecule has 0 aromatic carbocycles. The fraction of sp³-hybridized carbons (Fsp3) is 0.593. The summed E-state index contributed by atoms with van der Waals surface area (Å²) in [4.78, 5) is 27.7. The standard InChI is InChI=1S/C27H36N6O3/c1-26(2,17-34)31-22-7-6-20(24(29-22)32-12-10-27(8-9-27)11-13-32)25(35)30-21-4-3-5-23(28-21)33-15-19-14-18(33)16-36-19/h3-7,18-19,34H,8-17H2,1-2H3,(H,29,31)(H,28,30,35)/t18-,19-/m0/s1. The van der Waals surface area contributed by atoms with E-state index in [0.29, 0.717) is 34.5 Å². The number of piperidine rings is 1. The third-order valence-electron chi connectivity index (χ3n) is 8.23. The van der Waals surface area contributed by atoms with Crippen molar-refractivity contribution in [3.63, 3.8) is 0 Å². The number of rotatable bonds is 7. The predicted octanol–water partition coefficient (Wildman–Crippen LogP) is 3.27. The van der Waals surface area contributed by atoms with Crippen molar-refractivity contribution < 1.29 is 14.6 Å². The van der Waals surface area contributed by atoms with Crippen LogP contribution in [0.3, 0.4) is 0 Å². The summed E-state index contributed by atoms with van der Waals surface area (Å²) in [5, 5.41) is 16.0. The van der Waals surface area contributed by atoms with Crippen LogP contribution in [0.25, 0.3) is 0 Å². The lowest BCUT2D eigenvalue weighted by atomic mass is 9.93. The van der Waals surface area contributed by atoms with Gasteiger partial charge in [0.25, 0.3) is 5.91 Å². The summed E-state index contributed by atoms with van der Waals surface area (Å²) in [7, 11) is 0. The van der Waals surface area contributed by atoms with Crippen LogP contribution in [-0.2, 0) is 4.74 Å². The number of aliphatic hydroxyl groups is 1. The highest BCUT2D eigenvalue weighted by Gasteiger charge is 2.45. The van der Waals surface area contributed by atoms with Gasteiger partial charge in [-0.1, -0.05) is 6.07 Å². The smallest absolute Gasteiger partial charge is 0.260 e. The normalized spacial score (nSPS) is 24.3. The van der Waals surface area contributed by atoms with Crippen LogP contribution in [0, 0.1) is 5.41 Å². The molecule has 3 N–H and O–H groups in total. The number of carbonyl (C=O) groups excluding carboxylic acids is 1. The molecule has 3 saturated heterocycles. The van der Waals surface area contributed by atoms with Gasteiger partial charge in [0.05, 0.1) is 36.5 Å². The molecule has 3 aliphatic heterocycles. The van der Waals surface area contributed by atoms with Crippen LogP contribution in [0.4, 0.5) is 23.3 Å². The summed E-state index contributed by atoms with van der Waals surface area (Å²) >= 11 is 0. The Labute approximate surface area is 212 Å². The van der Waals surface area contributed by atoms with Gasteiger partial charge < -0.3 is 30.3 Å². The van der Waals surface area contributed by atoms with Crippen molar-refractivity contribution in [2.45, 2.75) is 63.6 Å². The number of fused-ring (bicyclic) bond motifs is 2. The molecule has 2 atom stereocenters. The Morgan fingerprint density at radius 2 is 1.94 bits per heavy atom. The number of amides is 1. The second kappa shape index (κ2) is 8.88. The molecule has 2 aromatic heterocycles. The topological polar surface area (TPSA) is 103 Å². The van der Waals surface area contributed by atoms with Crippen molar-refractivity contribution in [3.8, 4) is 0 Å². The van der Waals surface area contributed by atoms with Gasteiger partial charge in [0.2, 0.25) is 0 Å². The van der Waals surface area contributed by atoms with Gasteiger partial charge >= 0.3 is 0 Å². The molecule has 4 fully saturated rings. The monoisotopic (exact) mass is 492 g/mol. The van der Waals surface area contributed by atoms with Gasteiger partial charge in [0, 0.05) is 19.6 Å². The van der Waals surface area contributed by atoms with E-state index in [4.69, 9.17) is 14.7 Å². The lowest BCUT2D eigenvalue weighted by Gasteiger charge is -2.34. The molecule has 5 heterocycles. The van der Waals surface area contributed by atoms with Gasteiger partial charge in [0.15, 0.2) is 0 Å². The Kier molecular flexibility index (Phi) is 5.80. The second-order valence-corrected chi connectivity index (χ2v) is 11.6. The van der Waals surface area contributed by atoms with Crippen molar-refractivity contribution in [2.75, 3.05) is 53.3 Å². The van der Waals surface area contributed by atoms with E-state index < -0.39 is 5.54 Å². The van der Waals surface area contributed by atoms with Crippen molar-refractivity contribution in [1.29, 1.82) is 0 Å². The van der Waals surface area contributed by atoms with E-state index in [-0.39, 0.29) is 18.6 Å². The Morgan fingerprint density at radius 3 is 2.61 bits per heavy atom. The van der Waals surface area contributed by atoms with Crippen LogP contribution < -0.4 is 20.4 Å². The summed E-state index contributed by atoms with van der Waals surface area (Å²) < 4.78 is 5.72. The summed E-state index contributed by atoms with van der Waals surface area (Å²) in [6, 6.07) is 9.77.